The molecule has 1 aromatic rings. The largest absolute Gasteiger partial charge is 0.396 e. The number of aliphatic hydroxyl groups excluding tert-OH is 1. The molecule has 2 aliphatic heterocycles. The van der Waals surface area contributed by atoms with Gasteiger partial charge in [-0.25, -0.2) is 0 Å². The lowest BCUT2D eigenvalue weighted by Crippen LogP contribution is -2.41. The van der Waals surface area contributed by atoms with Gasteiger partial charge in [0, 0.05) is 19.2 Å². The van der Waals surface area contributed by atoms with Crippen molar-refractivity contribution in [1.82, 2.24) is 4.90 Å². The number of fused-ring (bicyclic) bond motifs is 1. The van der Waals surface area contributed by atoms with Gasteiger partial charge < -0.3 is 14.7 Å². The summed E-state index contributed by atoms with van der Waals surface area (Å²) < 4.78 is 5.79. The molecule has 0 radical (unpaired) electrons. The highest BCUT2D eigenvalue weighted by molar-refractivity contribution is 5.83. The van der Waals surface area contributed by atoms with Crippen LogP contribution in [-0.4, -0.2) is 41.7 Å². The van der Waals surface area contributed by atoms with Crippen molar-refractivity contribution in [3.63, 3.8) is 0 Å². The zero-order chi connectivity index (χ0) is 14.7. The quantitative estimate of drug-likeness (QED) is 0.923. The summed E-state index contributed by atoms with van der Waals surface area (Å²) in [6.45, 7) is 1.63. The summed E-state index contributed by atoms with van der Waals surface area (Å²) in [6, 6.07) is 8.36. The molecule has 1 aromatic carbocycles. The van der Waals surface area contributed by atoms with Crippen molar-refractivity contribution in [2.45, 2.75) is 44.2 Å². The highest BCUT2D eigenvalue weighted by Crippen LogP contribution is 2.32. The van der Waals surface area contributed by atoms with E-state index in [4.69, 9.17) is 9.84 Å². The van der Waals surface area contributed by atoms with Crippen molar-refractivity contribution < 1.29 is 14.6 Å². The second kappa shape index (κ2) is 6.58. The SMILES string of the molecule is O=C(C1OCCc2ccccc21)N1CCCC1CCCO. The predicted octanol–water partition coefficient (Wildman–Crippen LogP) is 2.06. The van der Waals surface area contributed by atoms with Crippen molar-refractivity contribution in [2.24, 2.45) is 0 Å². The standard InChI is InChI=1S/C17H23NO3/c19-11-4-7-14-6-3-10-18(14)17(20)16-15-8-2-1-5-13(15)9-12-21-16/h1-2,5,8,14,16,19H,3-4,6-7,9-12H2. The molecule has 2 aliphatic rings. The van der Waals surface area contributed by atoms with E-state index >= 15 is 0 Å². The molecule has 1 amide bonds. The Morgan fingerprint density at radius 2 is 2.24 bits per heavy atom. The van der Waals surface area contributed by atoms with E-state index in [-0.39, 0.29) is 18.6 Å². The second-order valence-electron chi connectivity index (χ2n) is 5.89. The van der Waals surface area contributed by atoms with Crippen molar-refractivity contribution >= 4 is 5.91 Å². The molecule has 4 nitrogen and oxygen atoms in total. The number of carbonyl (C=O) groups excluding carboxylic acids is 1. The van der Waals surface area contributed by atoms with E-state index in [1.165, 1.54) is 5.56 Å². The Labute approximate surface area is 125 Å². The average Bonchev–Trinajstić information content (AvgIpc) is 3.00. The van der Waals surface area contributed by atoms with Crippen molar-refractivity contribution in [3.05, 3.63) is 35.4 Å². The van der Waals surface area contributed by atoms with Gasteiger partial charge in [0.25, 0.3) is 5.91 Å². The van der Waals surface area contributed by atoms with Crippen molar-refractivity contribution in [1.29, 1.82) is 0 Å². The molecule has 3 rings (SSSR count). The monoisotopic (exact) mass is 289 g/mol. The summed E-state index contributed by atoms with van der Waals surface area (Å²) in [7, 11) is 0. The molecule has 2 atom stereocenters. The summed E-state index contributed by atoms with van der Waals surface area (Å²) in [5, 5.41) is 9.00. The number of benzene rings is 1. The lowest BCUT2D eigenvalue weighted by Gasteiger charge is -2.32. The van der Waals surface area contributed by atoms with Gasteiger partial charge in [-0.3, -0.25) is 4.79 Å². The number of ether oxygens (including phenoxy) is 1. The number of likely N-dealkylation sites (tertiary alicyclic amines) is 1. The minimum Gasteiger partial charge on any atom is -0.396 e. The molecule has 21 heavy (non-hydrogen) atoms. The third-order valence-corrected chi connectivity index (χ3v) is 4.57. The molecular weight excluding hydrogens is 266 g/mol. The number of rotatable bonds is 4. The van der Waals surface area contributed by atoms with Gasteiger partial charge in [-0.05, 0) is 43.2 Å². The summed E-state index contributed by atoms with van der Waals surface area (Å²) in [4.78, 5) is 14.8. The summed E-state index contributed by atoms with van der Waals surface area (Å²) in [5.41, 5.74) is 2.26. The highest BCUT2D eigenvalue weighted by atomic mass is 16.5. The Hall–Kier alpha value is -1.39. The molecule has 0 aliphatic carbocycles. The van der Waals surface area contributed by atoms with Crippen LogP contribution in [-0.2, 0) is 16.0 Å². The zero-order valence-electron chi connectivity index (χ0n) is 12.3. The summed E-state index contributed by atoms with van der Waals surface area (Å²) >= 11 is 0. The molecule has 2 unspecified atom stereocenters. The summed E-state index contributed by atoms with van der Waals surface area (Å²) in [5.74, 6) is 0.0996. The number of nitrogens with zero attached hydrogens (tertiary/aromatic N) is 1. The number of carbonyl (C=O) groups is 1. The van der Waals surface area contributed by atoms with Gasteiger partial charge in [0.15, 0.2) is 6.10 Å². The van der Waals surface area contributed by atoms with Crippen LogP contribution in [0.25, 0.3) is 0 Å². The van der Waals surface area contributed by atoms with E-state index in [1.807, 2.05) is 23.1 Å². The lowest BCUT2D eigenvalue weighted by molar-refractivity contribution is -0.146. The Kier molecular flexibility index (Phi) is 4.56. The van der Waals surface area contributed by atoms with Gasteiger partial charge in [0.2, 0.25) is 0 Å². The number of aliphatic hydroxyl groups is 1. The third-order valence-electron chi connectivity index (χ3n) is 4.57. The van der Waals surface area contributed by atoms with E-state index in [1.54, 1.807) is 0 Å². The molecule has 0 saturated carbocycles. The minimum absolute atomic E-state index is 0.0996. The zero-order valence-corrected chi connectivity index (χ0v) is 12.3. The van der Waals surface area contributed by atoms with Crippen LogP contribution in [0.1, 0.15) is 42.9 Å². The number of hydrogen-bond acceptors (Lipinski definition) is 3. The van der Waals surface area contributed by atoms with Crippen LogP contribution < -0.4 is 0 Å². The van der Waals surface area contributed by atoms with E-state index in [0.29, 0.717) is 6.61 Å². The first-order valence-corrected chi connectivity index (χ1v) is 7.92. The Bertz CT molecular complexity index is 503. The molecule has 0 spiro atoms. The first-order chi connectivity index (χ1) is 10.3. The van der Waals surface area contributed by atoms with Crippen molar-refractivity contribution in [3.8, 4) is 0 Å². The maximum Gasteiger partial charge on any atom is 0.256 e. The molecule has 0 aromatic heterocycles. The predicted molar refractivity (Wildman–Crippen MR) is 79.9 cm³/mol. The maximum absolute atomic E-state index is 12.9. The van der Waals surface area contributed by atoms with Crippen LogP contribution in [0.15, 0.2) is 24.3 Å². The highest BCUT2D eigenvalue weighted by Gasteiger charge is 2.36. The van der Waals surface area contributed by atoms with Crippen LogP contribution in [0.3, 0.4) is 0 Å². The molecule has 0 bridgehead atoms. The molecule has 114 valence electrons. The summed E-state index contributed by atoms with van der Waals surface area (Å²) in [6.07, 6.45) is 4.18. The maximum atomic E-state index is 12.9. The van der Waals surface area contributed by atoms with Gasteiger partial charge in [-0.15, -0.1) is 0 Å². The van der Waals surface area contributed by atoms with E-state index < -0.39 is 6.10 Å². The fraction of sp³-hybridized carbons (Fsp3) is 0.588. The fourth-order valence-corrected chi connectivity index (χ4v) is 3.50. The molecule has 2 heterocycles. The fourth-order valence-electron chi connectivity index (χ4n) is 3.50. The molecule has 1 saturated heterocycles. The lowest BCUT2D eigenvalue weighted by atomic mass is 9.96. The first-order valence-electron chi connectivity index (χ1n) is 7.92. The molecular formula is C17H23NO3. The van der Waals surface area contributed by atoms with Crippen LogP contribution in [0, 0.1) is 0 Å². The van der Waals surface area contributed by atoms with Crippen LogP contribution in [0.5, 0.6) is 0 Å². The van der Waals surface area contributed by atoms with Gasteiger partial charge in [0.05, 0.1) is 6.61 Å². The second-order valence-corrected chi connectivity index (χ2v) is 5.89. The molecule has 1 fully saturated rings. The van der Waals surface area contributed by atoms with E-state index in [0.717, 1.165) is 44.2 Å². The van der Waals surface area contributed by atoms with Crippen molar-refractivity contribution in [2.75, 3.05) is 19.8 Å². The first kappa shape index (κ1) is 14.5. The number of hydrogen-bond donors (Lipinski definition) is 1. The molecule has 1 N–H and O–H groups in total. The third kappa shape index (κ3) is 2.97. The van der Waals surface area contributed by atoms with Gasteiger partial charge >= 0.3 is 0 Å². The van der Waals surface area contributed by atoms with E-state index in [2.05, 4.69) is 6.07 Å². The Balaban J connectivity index is 1.76. The van der Waals surface area contributed by atoms with Gasteiger partial charge in [-0.2, -0.15) is 0 Å². The normalized spacial score (nSPS) is 24.9. The minimum atomic E-state index is -0.440. The Morgan fingerprint density at radius 3 is 3.10 bits per heavy atom. The Morgan fingerprint density at radius 1 is 1.38 bits per heavy atom. The van der Waals surface area contributed by atoms with Crippen LogP contribution in [0.2, 0.25) is 0 Å². The van der Waals surface area contributed by atoms with E-state index in [9.17, 15) is 4.79 Å². The van der Waals surface area contributed by atoms with Gasteiger partial charge in [-0.1, -0.05) is 24.3 Å². The number of amides is 1. The average molecular weight is 289 g/mol. The smallest absolute Gasteiger partial charge is 0.256 e. The molecule has 4 heteroatoms. The van der Waals surface area contributed by atoms with Gasteiger partial charge in [0.1, 0.15) is 0 Å². The topological polar surface area (TPSA) is 49.8 Å². The van der Waals surface area contributed by atoms with Crippen LogP contribution >= 0.6 is 0 Å². The van der Waals surface area contributed by atoms with Crippen LogP contribution in [0.4, 0.5) is 0 Å².